The fourth-order valence-electron chi connectivity index (χ4n) is 2.72. The molecule has 0 spiro atoms. The summed E-state index contributed by atoms with van der Waals surface area (Å²) in [6.45, 7) is 4.12. The van der Waals surface area contributed by atoms with E-state index in [9.17, 15) is 9.59 Å². The Kier molecular flexibility index (Phi) is 5.31. The highest BCUT2D eigenvalue weighted by Gasteiger charge is 2.27. The molecular weight excluding hydrogens is 330 g/mol. The van der Waals surface area contributed by atoms with Crippen LogP contribution < -0.4 is 10.6 Å². The number of benzene rings is 2. The smallest absolute Gasteiger partial charge is 0.409 e. The van der Waals surface area contributed by atoms with Gasteiger partial charge in [-0.05, 0) is 17.5 Å². The van der Waals surface area contributed by atoms with Crippen molar-refractivity contribution < 1.29 is 14.3 Å². The molecule has 0 saturated heterocycles. The molecule has 0 radical (unpaired) electrons. The molecule has 0 fully saturated rings. The number of hydrogen-bond acceptors (Lipinski definition) is 4. The van der Waals surface area contributed by atoms with Gasteiger partial charge in [-0.1, -0.05) is 62.4 Å². The lowest BCUT2D eigenvalue weighted by Gasteiger charge is -2.14. The van der Waals surface area contributed by atoms with Crippen LogP contribution in [0.25, 0.3) is 0 Å². The van der Waals surface area contributed by atoms with Crippen molar-refractivity contribution in [3.8, 4) is 0 Å². The van der Waals surface area contributed by atoms with Crippen molar-refractivity contribution in [3.05, 3.63) is 65.7 Å². The molecule has 1 aliphatic heterocycles. The van der Waals surface area contributed by atoms with Gasteiger partial charge in [-0.2, -0.15) is 0 Å². The number of anilines is 1. The molecule has 0 saturated carbocycles. The molecule has 2 amide bonds. The Morgan fingerprint density at radius 3 is 2.58 bits per heavy atom. The second-order valence-electron chi connectivity index (χ2n) is 6.31. The van der Waals surface area contributed by atoms with E-state index in [1.807, 2.05) is 68.4 Å². The molecule has 6 heteroatoms. The van der Waals surface area contributed by atoms with Crippen LogP contribution in [0.15, 0.2) is 59.6 Å². The fraction of sp³-hybridized carbons (Fsp3) is 0.250. The molecule has 134 valence electrons. The van der Waals surface area contributed by atoms with E-state index in [1.165, 1.54) is 0 Å². The summed E-state index contributed by atoms with van der Waals surface area (Å²) in [6, 6.07) is 16.8. The van der Waals surface area contributed by atoms with Gasteiger partial charge in [0.2, 0.25) is 6.17 Å². The Balaban J connectivity index is 1.74. The summed E-state index contributed by atoms with van der Waals surface area (Å²) in [5.74, 6) is -0.307. The average Bonchev–Trinajstić information content (AvgIpc) is 2.78. The van der Waals surface area contributed by atoms with Gasteiger partial charge in [0.25, 0.3) is 5.91 Å². The van der Waals surface area contributed by atoms with Crippen molar-refractivity contribution in [2.24, 2.45) is 10.9 Å². The first-order chi connectivity index (χ1) is 12.5. The number of nitrogens with one attached hydrogen (secondary N) is 2. The standard InChI is InChI=1S/C20H21N3O3/c1-13(2)17-15-10-6-7-11-16(15)21-19(24)18(22-17)23-20(25)26-12-14-8-4-3-5-9-14/h3-11,13,18H,12H2,1-2H3,(H,21,24)(H,23,25). The molecule has 2 aromatic rings. The Labute approximate surface area is 152 Å². The normalized spacial score (nSPS) is 16.2. The lowest BCUT2D eigenvalue weighted by Crippen LogP contribution is -2.42. The topological polar surface area (TPSA) is 79.8 Å². The molecule has 1 heterocycles. The minimum atomic E-state index is -1.04. The van der Waals surface area contributed by atoms with Gasteiger partial charge in [0.15, 0.2) is 0 Å². The number of nitrogens with zero attached hydrogens (tertiary/aromatic N) is 1. The first-order valence-electron chi connectivity index (χ1n) is 8.50. The van der Waals surface area contributed by atoms with Gasteiger partial charge >= 0.3 is 6.09 Å². The van der Waals surface area contributed by atoms with Crippen LogP contribution in [0.2, 0.25) is 0 Å². The summed E-state index contributed by atoms with van der Waals surface area (Å²) in [6.07, 6.45) is -1.73. The second-order valence-corrected chi connectivity index (χ2v) is 6.31. The number of hydrogen-bond donors (Lipinski definition) is 2. The number of carbonyl (C=O) groups excluding carboxylic acids is 2. The number of aliphatic imine (C=N–C) groups is 1. The van der Waals surface area contributed by atoms with Crippen molar-refractivity contribution in [2.45, 2.75) is 26.6 Å². The molecule has 3 rings (SSSR count). The summed E-state index contributed by atoms with van der Waals surface area (Å²) in [5.41, 5.74) is 3.17. The molecule has 26 heavy (non-hydrogen) atoms. The van der Waals surface area contributed by atoms with Gasteiger partial charge < -0.3 is 10.1 Å². The maximum Gasteiger partial charge on any atom is 0.409 e. The highest BCUT2D eigenvalue weighted by Crippen LogP contribution is 2.23. The summed E-state index contributed by atoms with van der Waals surface area (Å²) in [4.78, 5) is 29.1. The van der Waals surface area contributed by atoms with Crippen LogP contribution in [0.3, 0.4) is 0 Å². The van der Waals surface area contributed by atoms with Crippen molar-refractivity contribution in [1.82, 2.24) is 5.32 Å². The quantitative estimate of drug-likeness (QED) is 0.887. The van der Waals surface area contributed by atoms with E-state index >= 15 is 0 Å². The molecule has 0 aliphatic carbocycles. The Bertz CT molecular complexity index is 831. The van der Waals surface area contributed by atoms with Crippen LogP contribution in [-0.4, -0.2) is 23.9 Å². The molecule has 6 nitrogen and oxygen atoms in total. The molecule has 0 bridgehead atoms. The number of carbonyl (C=O) groups is 2. The van der Waals surface area contributed by atoms with Crippen molar-refractivity contribution in [3.63, 3.8) is 0 Å². The van der Waals surface area contributed by atoms with E-state index in [4.69, 9.17) is 4.74 Å². The third kappa shape index (κ3) is 4.08. The molecule has 1 aliphatic rings. The third-order valence-electron chi connectivity index (χ3n) is 3.99. The maximum absolute atomic E-state index is 12.5. The monoisotopic (exact) mass is 351 g/mol. The first kappa shape index (κ1) is 17.7. The predicted octanol–water partition coefficient (Wildman–Crippen LogP) is 3.34. The third-order valence-corrected chi connectivity index (χ3v) is 3.99. The van der Waals surface area contributed by atoms with Crippen LogP contribution in [-0.2, 0) is 16.1 Å². The number of benzodiazepines with no additional fused rings is 1. The van der Waals surface area contributed by atoms with E-state index < -0.39 is 18.2 Å². The van der Waals surface area contributed by atoms with Crippen molar-refractivity contribution in [2.75, 3.05) is 5.32 Å². The minimum Gasteiger partial charge on any atom is -0.445 e. The fourth-order valence-corrected chi connectivity index (χ4v) is 2.72. The molecule has 2 aromatic carbocycles. The van der Waals surface area contributed by atoms with Crippen LogP contribution in [0, 0.1) is 5.92 Å². The zero-order valence-corrected chi connectivity index (χ0v) is 14.7. The minimum absolute atomic E-state index is 0.0912. The summed E-state index contributed by atoms with van der Waals surface area (Å²) in [5, 5.41) is 5.35. The second kappa shape index (κ2) is 7.82. The Morgan fingerprint density at radius 2 is 1.85 bits per heavy atom. The van der Waals surface area contributed by atoms with E-state index in [0.717, 1.165) is 16.8 Å². The van der Waals surface area contributed by atoms with Crippen LogP contribution >= 0.6 is 0 Å². The first-order valence-corrected chi connectivity index (χ1v) is 8.50. The lowest BCUT2D eigenvalue weighted by molar-refractivity contribution is -0.117. The number of ether oxygens (including phenoxy) is 1. The van der Waals surface area contributed by atoms with Gasteiger partial charge in [-0.25, -0.2) is 4.79 Å². The summed E-state index contributed by atoms with van der Waals surface area (Å²) < 4.78 is 5.19. The van der Waals surface area contributed by atoms with Crippen molar-refractivity contribution in [1.29, 1.82) is 0 Å². The number of amides is 2. The van der Waals surface area contributed by atoms with E-state index in [0.29, 0.717) is 5.69 Å². The molecule has 2 N–H and O–H groups in total. The van der Waals surface area contributed by atoms with Crippen LogP contribution in [0.1, 0.15) is 25.0 Å². The van der Waals surface area contributed by atoms with Gasteiger partial charge in [-0.15, -0.1) is 0 Å². The zero-order valence-electron chi connectivity index (χ0n) is 14.7. The highest BCUT2D eigenvalue weighted by atomic mass is 16.5. The molecular formula is C20H21N3O3. The number of fused-ring (bicyclic) bond motifs is 1. The summed E-state index contributed by atoms with van der Waals surface area (Å²) >= 11 is 0. The van der Waals surface area contributed by atoms with Gasteiger partial charge in [0.05, 0.1) is 0 Å². The van der Waals surface area contributed by atoms with E-state index in [-0.39, 0.29) is 12.5 Å². The van der Waals surface area contributed by atoms with Gasteiger partial charge in [0, 0.05) is 17.0 Å². The van der Waals surface area contributed by atoms with Gasteiger partial charge in [-0.3, -0.25) is 15.1 Å². The van der Waals surface area contributed by atoms with E-state index in [2.05, 4.69) is 15.6 Å². The Morgan fingerprint density at radius 1 is 1.15 bits per heavy atom. The van der Waals surface area contributed by atoms with E-state index in [1.54, 1.807) is 0 Å². The Hall–Kier alpha value is -3.15. The molecule has 0 aromatic heterocycles. The largest absolute Gasteiger partial charge is 0.445 e. The molecule has 1 atom stereocenters. The highest BCUT2D eigenvalue weighted by molar-refractivity contribution is 6.12. The van der Waals surface area contributed by atoms with Gasteiger partial charge in [0.1, 0.15) is 6.61 Å². The number of para-hydroxylation sites is 1. The molecule has 1 unspecified atom stereocenters. The number of alkyl carbamates (subject to hydrolysis) is 1. The number of rotatable bonds is 4. The summed E-state index contributed by atoms with van der Waals surface area (Å²) in [7, 11) is 0. The maximum atomic E-state index is 12.5. The zero-order chi connectivity index (χ0) is 18.5. The average molecular weight is 351 g/mol. The lowest BCUT2D eigenvalue weighted by atomic mass is 9.98. The SMILES string of the molecule is CC(C)C1=NC(NC(=O)OCc2ccccc2)C(=O)Nc2ccccc21. The van der Waals surface area contributed by atoms with Crippen LogP contribution in [0.5, 0.6) is 0 Å². The predicted molar refractivity (Wildman–Crippen MR) is 100.0 cm³/mol. The van der Waals surface area contributed by atoms with Crippen molar-refractivity contribution >= 4 is 23.4 Å². The van der Waals surface area contributed by atoms with Crippen LogP contribution in [0.4, 0.5) is 10.5 Å².